The summed E-state index contributed by atoms with van der Waals surface area (Å²) in [6.45, 7) is 4.67. The Morgan fingerprint density at radius 1 is 1.50 bits per heavy atom. The second kappa shape index (κ2) is 6.30. The molecule has 2 heterocycles. The molecular formula is C12H22N4S2. The van der Waals surface area contributed by atoms with E-state index in [4.69, 9.17) is 0 Å². The molecule has 0 saturated carbocycles. The van der Waals surface area contributed by atoms with E-state index in [1.165, 1.54) is 5.75 Å². The van der Waals surface area contributed by atoms with Gasteiger partial charge in [-0.05, 0) is 7.05 Å². The van der Waals surface area contributed by atoms with Crippen molar-refractivity contribution in [1.82, 2.24) is 20.1 Å². The summed E-state index contributed by atoms with van der Waals surface area (Å²) in [6.07, 6.45) is 2.59. The van der Waals surface area contributed by atoms with Crippen LogP contribution in [0, 0.1) is 0 Å². The fourth-order valence-electron chi connectivity index (χ4n) is 2.14. The van der Waals surface area contributed by atoms with E-state index in [1.807, 2.05) is 11.7 Å². The van der Waals surface area contributed by atoms with Crippen molar-refractivity contribution < 1.29 is 0 Å². The number of hydrogen-bond acceptors (Lipinski definition) is 5. The summed E-state index contributed by atoms with van der Waals surface area (Å²) in [6, 6.07) is 0.473. The number of likely N-dealkylation sites (N-methyl/N-ethyl adjacent to an activating group) is 1. The Kier molecular flexibility index (Phi) is 4.98. The molecule has 1 aromatic heterocycles. The summed E-state index contributed by atoms with van der Waals surface area (Å²) in [5.41, 5.74) is 0. The maximum atomic E-state index is 4.33. The molecule has 1 aliphatic heterocycles. The second-order valence-corrected chi connectivity index (χ2v) is 7.85. The van der Waals surface area contributed by atoms with Gasteiger partial charge < -0.3 is 5.32 Å². The molecule has 6 heteroatoms. The van der Waals surface area contributed by atoms with Crippen LogP contribution < -0.4 is 5.32 Å². The van der Waals surface area contributed by atoms with Gasteiger partial charge in [0.25, 0.3) is 0 Å². The topological polar surface area (TPSA) is 42.7 Å². The zero-order valence-corrected chi connectivity index (χ0v) is 13.1. The van der Waals surface area contributed by atoms with Crippen molar-refractivity contribution in [2.75, 3.05) is 12.8 Å². The molecule has 0 amide bonds. The molecule has 102 valence electrons. The van der Waals surface area contributed by atoms with Crippen molar-refractivity contribution in [3.8, 4) is 0 Å². The zero-order chi connectivity index (χ0) is 13.1. The van der Waals surface area contributed by atoms with Crippen LogP contribution in [0.15, 0.2) is 6.33 Å². The molecule has 0 radical (unpaired) electrons. The first kappa shape index (κ1) is 14.2. The summed E-state index contributed by atoms with van der Waals surface area (Å²) in [5, 5.41) is 9.74. The molecule has 18 heavy (non-hydrogen) atoms. The lowest BCUT2D eigenvalue weighted by Crippen LogP contribution is -2.43. The van der Waals surface area contributed by atoms with Crippen LogP contribution in [0.3, 0.4) is 0 Å². The van der Waals surface area contributed by atoms with Crippen molar-refractivity contribution in [2.45, 2.75) is 42.1 Å². The minimum Gasteiger partial charge on any atom is -0.315 e. The Hall–Kier alpha value is -0.200. The van der Waals surface area contributed by atoms with Crippen LogP contribution in [0.1, 0.15) is 19.7 Å². The van der Waals surface area contributed by atoms with E-state index in [0.717, 1.165) is 22.7 Å². The molecule has 4 atom stereocenters. The van der Waals surface area contributed by atoms with Gasteiger partial charge >= 0.3 is 0 Å². The zero-order valence-electron chi connectivity index (χ0n) is 11.5. The number of nitrogens with zero attached hydrogens (tertiary/aromatic N) is 3. The predicted molar refractivity (Wildman–Crippen MR) is 80.3 cm³/mol. The van der Waals surface area contributed by atoms with Gasteiger partial charge in [0.1, 0.15) is 12.2 Å². The van der Waals surface area contributed by atoms with Gasteiger partial charge in [-0.3, -0.25) is 4.68 Å². The minimum absolute atomic E-state index is 0.473. The average Bonchev–Trinajstić information content (AvgIpc) is 2.75. The lowest BCUT2D eigenvalue weighted by molar-refractivity contribution is 0.525. The van der Waals surface area contributed by atoms with Gasteiger partial charge in [-0.15, -0.1) is 0 Å². The Bertz CT molecular complexity index is 382. The third kappa shape index (κ3) is 3.22. The van der Waals surface area contributed by atoms with Gasteiger partial charge in [0, 0.05) is 41.0 Å². The first-order valence-electron chi connectivity index (χ1n) is 6.39. The van der Waals surface area contributed by atoms with Crippen LogP contribution in [0.25, 0.3) is 0 Å². The summed E-state index contributed by atoms with van der Waals surface area (Å²) in [4.78, 5) is 4.33. The highest BCUT2D eigenvalue weighted by Crippen LogP contribution is 2.37. The molecule has 1 saturated heterocycles. The second-order valence-electron chi connectivity index (χ2n) is 4.82. The van der Waals surface area contributed by atoms with E-state index in [9.17, 15) is 0 Å². The van der Waals surface area contributed by atoms with E-state index < -0.39 is 0 Å². The van der Waals surface area contributed by atoms with Crippen molar-refractivity contribution in [3.05, 3.63) is 12.2 Å². The molecular weight excluding hydrogens is 264 g/mol. The summed E-state index contributed by atoms with van der Waals surface area (Å²) < 4.78 is 1.87. The van der Waals surface area contributed by atoms with Gasteiger partial charge in [-0.25, -0.2) is 4.98 Å². The van der Waals surface area contributed by atoms with Gasteiger partial charge in [0.2, 0.25) is 0 Å². The average molecular weight is 286 g/mol. The first-order valence-corrected chi connectivity index (χ1v) is 8.38. The Morgan fingerprint density at radius 3 is 2.83 bits per heavy atom. The molecule has 2 rings (SSSR count). The SMILES string of the molecule is CNC(Cc1ncnn1C)C1CSC(C)C(C)S1. The fourth-order valence-corrected chi connectivity index (χ4v) is 5.31. The third-order valence-electron chi connectivity index (χ3n) is 3.60. The number of hydrogen-bond donors (Lipinski definition) is 1. The normalized spacial score (nSPS) is 30.3. The van der Waals surface area contributed by atoms with E-state index in [1.54, 1.807) is 6.33 Å². The van der Waals surface area contributed by atoms with Crippen LogP contribution in [0.5, 0.6) is 0 Å². The largest absolute Gasteiger partial charge is 0.315 e. The highest BCUT2D eigenvalue weighted by Gasteiger charge is 2.31. The fraction of sp³-hybridized carbons (Fsp3) is 0.833. The highest BCUT2D eigenvalue weighted by atomic mass is 32.2. The molecule has 0 bridgehead atoms. The Balaban J connectivity index is 1.99. The van der Waals surface area contributed by atoms with Crippen LogP contribution in [0.2, 0.25) is 0 Å². The third-order valence-corrected chi connectivity index (χ3v) is 7.15. The molecule has 1 N–H and O–H groups in total. The molecule has 0 spiro atoms. The summed E-state index contributed by atoms with van der Waals surface area (Å²) in [7, 11) is 4.01. The van der Waals surface area contributed by atoms with Gasteiger partial charge in [-0.1, -0.05) is 13.8 Å². The molecule has 0 aromatic carbocycles. The van der Waals surface area contributed by atoms with Gasteiger partial charge in [0.15, 0.2) is 0 Å². The van der Waals surface area contributed by atoms with Crippen LogP contribution in [-0.2, 0) is 13.5 Å². The quantitative estimate of drug-likeness (QED) is 0.910. The maximum absolute atomic E-state index is 4.33. The minimum atomic E-state index is 0.473. The number of rotatable bonds is 4. The highest BCUT2D eigenvalue weighted by molar-refractivity contribution is 8.07. The molecule has 4 nitrogen and oxygen atoms in total. The van der Waals surface area contributed by atoms with Crippen molar-refractivity contribution in [2.24, 2.45) is 7.05 Å². The number of aromatic nitrogens is 3. The van der Waals surface area contributed by atoms with Gasteiger partial charge in [-0.2, -0.15) is 28.6 Å². The number of thioether (sulfide) groups is 2. The monoisotopic (exact) mass is 286 g/mol. The molecule has 1 aliphatic rings. The molecule has 1 aromatic rings. The standard InChI is InChI=1S/C12H22N4S2/c1-8-9(2)18-11(6-17-8)10(13-3)5-12-14-7-15-16(12)4/h7-11,13H,5-6H2,1-4H3. The molecule has 1 fully saturated rings. The first-order chi connectivity index (χ1) is 8.61. The number of nitrogens with one attached hydrogen (secondary N) is 1. The van der Waals surface area contributed by atoms with Crippen LogP contribution >= 0.6 is 23.5 Å². The predicted octanol–water partition coefficient (Wildman–Crippen LogP) is 1.57. The summed E-state index contributed by atoms with van der Waals surface area (Å²) in [5.74, 6) is 2.28. The lowest BCUT2D eigenvalue weighted by atomic mass is 10.1. The Morgan fingerprint density at radius 2 is 2.28 bits per heavy atom. The van der Waals surface area contributed by atoms with Crippen molar-refractivity contribution in [1.29, 1.82) is 0 Å². The maximum Gasteiger partial charge on any atom is 0.138 e. The number of aryl methyl sites for hydroxylation is 1. The van der Waals surface area contributed by atoms with Crippen molar-refractivity contribution >= 4 is 23.5 Å². The smallest absolute Gasteiger partial charge is 0.138 e. The van der Waals surface area contributed by atoms with Gasteiger partial charge in [0.05, 0.1) is 0 Å². The van der Waals surface area contributed by atoms with Crippen molar-refractivity contribution in [3.63, 3.8) is 0 Å². The van der Waals surface area contributed by atoms with Crippen LogP contribution in [0.4, 0.5) is 0 Å². The van der Waals surface area contributed by atoms with E-state index >= 15 is 0 Å². The molecule has 0 aliphatic carbocycles. The Labute approximate surface area is 118 Å². The van der Waals surface area contributed by atoms with E-state index in [0.29, 0.717) is 11.3 Å². The van der Waals surface area contributed by atoms with E-state index in [-0.39, 0.29) is 0 Å². The lowest BCUT2D eigenvalue weighted by Gasteiger charge is -2.35. The van der Waals surface area contributed by atoms with Crippen LogP contribution in [-0.4, -0.2) is 49.4 Å². The molecule has 4 unspecified atom stereocenters. The van der Waals surface area contributed by atoms with E-state index in [2.05, 4.69) is 59.8 Å². The summed E-state index contributed by atoms with van der Waals surface area (Å²) >= 11 is 4.21.